The minimum Gasteiger partial charge on any atom is -0.496 e. The van der Waals surface area contributed by atoms with Gasteiger partial charge in [0.15, 0.2) is 5.78 Å². The fourth-order valence-electron chi connectivity index (χ4n) is 3.15. The average molecular weight is 398 g/mol. The quantitative estimate of drug-likeness (QED) is 0.406. The molecule has 0 fully saturated rings. The first-order valence-electron chi connectivity index (χ1n) is 9.89. The minimum absolute atomic E-state index is 0.0115. The van der Waals surface area contributed by atoms with E-state index in [-0.39, 0.29) is 18.0 Å². The topological polar surface area (TPSA) is 61.8 Å². The van der Waals surface area contributed by atoms with Crippen LogP contribution in [0.25, 0.3) is 0 Å². The van der Waals surface area contributed by atoms with Crippen LogP contribution in [0.2, 0.25) is 0 Å². The molecule has 0 aromatic heterocycles. The lowest BCUT2D eigenvalue weighted by Gasteiger charge is -2.17. The molecule has 0 bridgehead atoms. The van der Waals surface area contributed by atoms with Crippen molar-refractivity contribution < 1.29 is 23.8 Å². The van der Waals surface area contributed by atoms with Gasteiger partial charge in [-0.3, -0.25) is 9.59 Å². The Labute approximate surface area is 173 Å². The summed E-state index contributed by atoms with van der Waals surface area (Å²) in [5.74, 6) is 1.89. The summed E-state index contributed by atoms with van der Waals surface area (Å²) in [6.07, 6.45) is 1.68. The predicted octanol–water partition coefficient (Wildman–Crippen LogP) is 5.21. The lowest BCUT2D eigenvalue weighted by Crippen LogP contribution is -2.11. The SMILES string of the molecule is COc1c(C(=O)CCc2ccc(OC(C)C)cc2OC(C)C)ccc(C=O)c1C. The van der Waals surface area contributed by atoms with Crippen molar-refractivity contribution in [2.75, 3.05) is 7.11 Å². The summed E-state index contributed by atoms with van der Waals surface area (Å²) < 4.78 is 17.1. The second-order valence-corrected chi connectivity index (χ2v) is 7.50. The highest BCUT2D eigenvalue weighted by Crippen LogP contribution is 2.30. The molecule has 2 aromatic carbocycles. The lowest BCUT2D eigenvalue weighted by atomic mass is 9.97. The summed E-state index contributed by atoms with van der Waals surface area (Å²) in [6.45, 7) is 9.66. The first kappa shape index (κ1) is 22.5. The highest BCUT2D eigenvalue weighted by molar-refractivity contribution is 6.00. The molecule has 0 aliphatic carbocycles. The van der Waals surface area contributed by atoms with Crippen LogP contribution in [0.1, 0.15) is 66.0 Å². The molecule has 29 heavy (non-hydrogen) atoms. The predicted molar refractivity (Wildman–Crippen MR) is 114 cm³/mol. The van der Waals surface area contributed by atoms with E-state index in [9.17, 15) is 9.59 Å². The molecule has 0 spiro atoms. The van der Waals surface area contributed by atoms with Gasteiger partial charge >= 0.3 is 0 Å². The number of rotatable bonds is 10. The maximum Gasteiger partial charge on any atom is 0.166 e. The molecule has 156 valence electrons. The third-order valence-corrected chi connectivity index (χ3v) is 4.47. The highest BCUT2D eigenvalue weighted by Gasteiger charge is 2.18. The second-order valence-electron chi connectivity index (χ2n) is 7.50. The number of ketones is 1. The van der Waals surface area contributed by atoms with Crippen LogP contribution in [0, 0.1) is 6.92 Å². The number of aryl methyl sites for hydroxylation is 1. The van der Waals surface area contributed by atoms with Gasteiger partial charge in [0.25, 0.3) is 0 Å². The van der Waals surface area contributed by atoms with Crippen LogP contribution in [0.4, 0.5) is 0 Å². The molecule has 5 heteroatoms. The zero-order chi connectivity index (χ0) is 21.6. The molecule has 0 saturated heterocycles. The molecule has 0 amide bonds. The Kier molecular flexibility index (Phi) is 7.82. The molecule has 0 radical (unpaired) electrons. The molecule has 2 aromatic rings. The smallest absolute Gasteiger partial charge is 0.166 e. The van der Waals surface area contributed by atoms with Gasteiger partial charge in [0.2, 0.25) is 0 Å². The summed E-state index contributed by atoms with van der Waals surface area (Å²) in [6, 6.07) is 9.03. The van der Waals surface area contributed by atoms with E-state index >= 15 is 0 Å². The van der Waals surface area contributed by atoms with E-state index in [0.717, 1.165) is 23.3 Å². The van der Waals surface area contributed by atoms with Crippen LogP contribution in [-0.4, -0.2) is 31.4 Å². The Hall–Kier alpha value is -2.82. The Morgan fingerprint density at radius 1 is 1.03 bits per heavy atom. The summed E-state index contributed by atoms with van der Waals surface area (Å²) in [7, 11) is 1.51. The van der Waals surface area contributed by atoms with Crippen molar-refractivity contribution >= 4 is 12.1 Å². The third kappa shape index (κ3) is 5.83. The van der Waals surface area contributed by atoms with Crippen molar-refractivity contribution in [3.8, 4) is 17.2 Å². The maximum atomic E-state index is 12.9. The molecular formula is C24H30O5. The first-order chi connectivity index (χ1) is 13.8. The van der Waals surface area contributed by atoms with E-state index in [0.29, 0.717) is 35.3 Å². The minimum atomic E-state index is -0.0413. The van der Waals surface area contributed by atoms with Crippen LogP contribution in [-0.2, 0) is 6.42 Å². The number of benzene rings is 2. The Morgan fingerprint density at radius 3 is 2.31 bits per heavy atom. The molecule has 0 atom stereocenters. The van der Waals surface area contributed by atoms with Gasteiger partial charge in [-0.15, -0.1) is 0 Å². The molecule has 0 saturated carbocycles. The number of ether oxygens (including phenoxy) is 3. The molecule has 0 aliphatic rings. The number of Topliss-reactive ketones (excluding diaryl/α,β-unsaturated/α-hetero) is 1. The van der Waals surface area contributed by atoms with Crippen molar-refractivity contribution in [3.05, 3.63) is 52.6 Å². The Balaban J connectivity index is 2.23. The lowest BCUT2D eigenvalue weighted by molar-refractivity contribution is 0.0978. The molecular weight excluding hydrogens is 368 g/mol. The van der Waals surface area contributed by atoms with E-state index in [4.69, 9.17) is 14.2 Å². The number of hydrogen-bond donors (Lipinski definition) is 0. The van der Waals surface area contributed by atoms with Gasteiger partial charge in [-0.05, 0) is 58.7 Å². The highest BCUT2D eigenvalue weighted by atomic mass is 16.5. The van der Waals surface area contributed by atoms with E-state index in [1.54, 1.807) is 19.1 Å². The third-order valence-electron chi connectivity index (χ3n) is 4.47. The maximum absolute atomic E-state index is 12.9. The molecule has 0 N–H and O–H groups in total. The first-order valence-corrected chi connectivity index (χ1v) is 9.89. The number of carbonyl (C=O) groups is 2. The van der Waals surface area contributed by atoms with E-state index in [1.807, 2.05) is 45.9 Å². The fourth-order valence-corrected chi connectivity index (χ4v) is 3.15. The largest absolute Gasteiger partial charge is 0.496 e. The van der Waals surface area contributed by atoms with Gasteiger partial charge < -0.3 is 14.2 Å². The van der Waals surface area contributed by atoms with Crippen molar-refractivity contribution in [2.45, 2.75) is 59.7 Å². The summed E-state index contributed by atoms with van der Waals surface area (Å²) >= 11 is 0. The van der Waals surface area contributed by atoms with Crippen LogP contribution in [0.15, 0.2) is 30.3 Å². The zero-order valence-corrected chi connectivity index (χ0v) is 18.1. The monoisotopic (exact) mass is 398 g/mol. The van der Waals surface area contributed by atoms with Crippen LogP contribution >= 0.6 is 0 Å². The van der Waals surface area contributed by atoms with Gasteiger partial charge in [-0.2, -0.15) is 0 Å². The average Bonchev–Trinajstić information content (AvgIpc) is 2.65. The molecule has 0 unspecified atom stereocenters. The van der Waals surface area contributed by atoms with Crippen molar-refractivity contribution in [1.82, 2.24) is 0 Å². The normalized spacial score (nSPS) is 10.9. The van der Waals surface area contributed by atoms with Crippen LogP contribution < -0.4 is 14.2 Å². The second kappa shape index (κ2) is 10.1. The van der Waals surface area contributed by atoms with Gasteiger partial charge in [0, 0.05) is 23.6 Å². The van der Waals surface area contributed by atoms with Crippen molar-refractivity contribution in [3.63, 3.8) is 0 Å². The van der Waals surface area contributed by atoms with Gasteiger partial charge in [0.1, 0.15) is 23.5 Å². The van der Waals surface area contributed by atoms with Gasteiger partial charge in [0.05, 0.1) is 24.9 Å². The van der Waals surface area contributed by atoms with Gasteiger partial charge in [-0.25, -0.2) is 0 Å². The molecule has 5 nitrogen and oxygen atoms in total. The van der Waals surface area contributed by atoms with Crippen molar-refractivity contribution in [2.24, 2.45) is 0 Å². The summed E-state index contributed by atoms with van der Waals surface area (Å²) in [5, 5.41) is 0. The fraction of sp³-hybridized carbons (Fsp3) is 0.417. The Morgan fingerprint density at radius 2 is 1.72 bits per heavy atom. The van der Waals surface area contributed by atoms with Crippen LogP contribution in [0.5, 0.6) is 17.2 Å². The number of aldehydes is 1. The molecule has 0 aliphatic heterocycles. The van der Waals surface area contributed by atoms with E-state index < -0.39 is 0 Å². The van der Waals surface area contributed by atoms with Gasteiger partial charge in [-0.1, -0.05) is 12.1 Å². The van der Waals surface area contributed by atoms with Crippen LogP contribution in [0.3, 0.4) is 0 Å². The molecule has 0 heterocycles. The van der Waals surface area contributed by atoms with E-state index in [2.05, 4.69) is 0 Å². The number of methoxy groups -OCH3 is 1. The number of carbonyl (C=O) groups excluding carboxylic acids is 2. The van der Waals surface area contributed by atoms with Crippen molar-refractivity contribution in [1.29, 1.82) is 0 Å². The summed E-state index contributed by atoms with van der Waals surface area (Å²) in [5.41, 5.74) is 2.63. The number of hydrogen-bond acceptors (Lipinski definition) is 5. The standard InChI is InChI=1S/C24H30O5/c1-15(2)28-20-10-7-18(23(13-20)29-16(3)4)9-12-22(26)21-11-8-19(14-25)17(5)24(21)27-6/h7-8,10-11,13-16H,9,12H2,1-6H3. The molecule has 2 rings (SSSR count). The Bertz CT molecular complexity index is 868. The zero-order valence-electron chi connectivity index (χ0n) is 18.1. The van der Waals surface area contributed by atoms with E-state index in [1.165, 1.54) is 7.11 Å². The summed E-state index contributed by atoms with van der Waals surface area (Å²) in [4.78, 5) is 24.0.